The molecule has 0 bridgehead atoms. The highest BCUT2D eigenvalue weighted by molar-refractivity contribution is 9.11. The fourth-order valence-corrected chi connectivity index (χ4v) is 3.53. The van der Waals surface area contributed by atoms with Crippen molar-refractivity contribution >= 4 is 53.6 Å². The Morgan fingerprint density at radius 3 is 2.50 bits per heavy atom. The van der Waals surface area contributed by atoms with Gasteiger partial charge in [0.15, 0.2) is 0 Å². The summed E-state index contributed by atoms with van der Waals surface area (Å²) in [6.45, 7) is 1.02. The lowest BCUT2D eigenvalue weighted by molar-refractivity contribution is 0.102. The van der Waals surface area contributed by atoms with E-state index in [4.69, 9.17) is 4.74 Å². The van der Waals surface area contributed by atoms with Crippen molar-refractivity contribution < 1.29 is 9.53 Å². The van der Waals surface area contributed by atoms with Crippen LogP contribution < -0.4 is 0 Å². The van der Waals surface area contributed by atoms with E-state index in [2.05, 4.69) is 52.9 Å². The molecule has 7 heteroatoms. The van der Waals surface area contributed by atoms with Crippen molar-refractivity contribution in [3.63, 3.8) is 0 Å². The minimum atomic E-state index is -0.0903. The monoisotopic (exact) mass is 464 g/mol. The van der Waals surface area contributed by atoms with E-state index in [1.807, 2.05) is 6.07 Å². The number of methoxy groups -OCH3 is 1. The van der Waals surface area contributed by atoms with Gasteiger partial charge in [0.2, 0.25) is 5.78 Å². The van der Waals surface area contributed by atoms with E-state index in [1.54, 1.807) is 30.1 Å². The number of nitrogens with zero attached hydrogens (tertiary/aromatic N) is 2. The van der Waals surface area contributed by atoms with Gasteiger partial charge in [-0.25, -0.2) is 0 Å². The zero-order valence-electron chi connectivity index (χ0n) is 10.6. The smallest absolute Gasteiger partial charge is 0.212 e. The molecular formula is C13H11Br3N2O2. The van der Waals surface area contributed by atoms with Crippen molar-refractivity contribution in [3.8, 4) is 0 Å². The van der Waals surface area contributed by atoms with Gasteiger partial charge in [0, 0.05) is 21.6 Å². The summed E-state index contributed by atoms with van der Waals surface area (Å²) >= 11 is 10.1. The zero-order valence-corrected chi connectivity index (χ0v) is 15.3. The lowest BCUT2D eigenvalue weighted by Crippen LogP contribution is -2.14. The van der Waals surface area contributed by atoms with Gasteiger partial charge in [-0.1, -0.05) is 31.9 Å². The predicted octanol–water partition coefficient (Wildman–Crippen LogP) is 4.05. The average molecular weight is 467 g/mol. The summed E-state index contributed by atoms with van der Waals surface area (Å²) in [7, 11) is 1.62. The molecule has 0 amide bonds. The predicted molar refractivity (Wildman–Crippen MR) is 87.1 cm³/mol. The molecule has 0 aliphatic rings. The van der Waals surface area contributed by atoms with Crippen LogP contribution in [-0.2, 0) is 11.3 Å². The van der Waals surface area contributed by atoms with E-state index in [1.165, 1.54) is 0 Å². The van der Waals surface area contributed by atoms with Crippen molar-refractivity contribution in [2.75, 3.05) is 13.7 Å². The minimum Gasteiger partial charge on any atom is -0.383 e. The second-order valence-corrected chi connectivity index (χ2v) is 6.73. The van der Waals surface area contributed by atoms with Gasteiger partial charge >= 0.3 is 0 Å². The van der Waals surface area contributed by atoms with Crippen LogP contribution in [0.25, 0.3) is 0 Å². The summed E-state index contributed by atoms with van der Waals surface area (Å²) in [4.78, 5) is 12.6. The Hall–Kier alpha value is -0.500. The summed E-state index contributed by atoms with van der Waals surface area (Å²) in [5.41, 5.74) is 1.11. The topological polar surface area (TPSA) is 44.1 Å². The standard InChI is InChI=1S/C13H11Br3N2O2/c1-20-3-2-18-12(11(16)7-17-18)13(19)8-4-9(14)6-10(15)5-8/h4-7H,2-3H2,1H3. The van der Waals surface area contributed by atoms with Crippen molar-refractivity contribution in [2.45, 2.75) is 6.54 Å². The Morgan fingerprint density at radius 1 is 1.25 bits per heavy atom. The molecule has 20 heavy (non-hydrogen) atoms. The zero-order chi connectivity index (χ0) is 14.7. The molecule has 0 N–H and O–H groups in total. The molecule has 0 saturated heterocycles. The number of hydrogen-bond acceptors (Lipinski definition) is 3. The largest absolute Gasteiger partial charge is 0.383 e. The highest BCUT2D eigenvalue weighted by Crippen LogP contribution is 2.25. The molecule has 0 unspecified atom stereocenters. The van der Waals surface area contributed by atoms with E-state index in [0.717, 1.165) is 8.95 Å². The van der Waals surface area contributed by atoms with Crippen molar-refractivity contribution in [2.24, 2.45) is 0 Å². The van der Waals surface area contributed by atoms with Gasteiger partial charge in [0.25, 0.3) is 0 Å². The molecule has 106 valence electrons. The maximum Gasteiger partial charge on any atom is 0.212 e. The first-order chi connectivity index (χ1) is 9.52. The summed E-state index contributed by atoms with van der Waals surface area (Å²) in [6, 6.07) is 5.45. The van der Waals surface area contributed by atoms with Crippen molar-refractivity contribution in [1.29, 1.82) is 0 Å². The summed E-state index contributed by atoms with van der Waals surface area (Å²) < 4.78 is 9.03. The second kappa shape index (κ2) is 6.98. The third kappa shape index (κ3) is 3.58. The number of carbonyl (C=O) groups is 1. The lowest BCUT2D eigenvalue weighted by Gasteiger charge is -2.08. The van der Waals surface area contributed by atoms with Gasteiger partial charge in [-0.3, -0.25) is 9.48 Å². The van der Waals surface area contributed by atoms with Crippen LogP contribution in [0.15, 0.2) is 37.8 Å². The molecule has 0 radical (unpaired) electrons. The van der Waals surface area contributed by atoms with Gasteiger partial charge in [0.05, 0.1) is 23.8 Å². The number of benzene rings is 1. The maximum absolute atomic E-state index is 12.6. The van der Waals surface area contributed by atoms with Crippen LogP contribution in [0.3, 0.4) is 0 Å². The van der Waals surface area contributed by atoms with Crippen LogP contribution in [-0.4, -0.2) is 29.3 Å². The molecule has 1 heterocycles. The van der Waals surface area contributed by atoms with Gasteiger partial charge in [-0.2, -0.15) is 5.10 Å². The van der Waals surface area contributed by atoms with Gasteiger partial charge in [0.1, 0.15) is 5.69 Å². The first-order valence-electron chi connectivity index (χ1n) is 5.74. The fourth-order valence-electron chi connectivity index (χ4n) is 1.76. The Morgan fingerprint density at radius 2 is 1.90 bits per heavy atom. The number of ketones is 1. The molecule has 0 atom stereocenters. The molecule has 0 aliphatic carbocycles. The number of ether oxygens (including phenoxy) is 1. The molecule has 0 aliphatic heterocycles. The average Bonchev–Trinajstić information content (AvgIpc) is 2.75. The highest BCUT2D eigenvalue weighted by atomic mass is 79.9. The van der Waals surface area contributed by atoms with Crippen LogP contribution in [0.2, 0.25) is 0 Å². The molecule has 4 nitrogen and oxygen atoms in total. The molecule has 0 saturated carbocycles. The van der Waals surface area contributed by atoms with Crippen LogP contribution in [0.4, 0.5) is 0 Å². The molecule has 0 fully saturated rings. The van der Waals surface area contributed by atoms with Gasteiger partial charge in [-0.15, -0.1) is 0 Å². The van der Waals surface area contributed by atoms with E-state index >= 15 is 0 Å². The summed E-state index contributed by atoms with van der Waals surface area (Å²) in [5, 5.41) is 4.19. The molecule has 1 aromatic heterocycles. The van der Waals surface area contributed by atoms with E-state index < -0.39 is 0 Å². The normalized spacial score (nSPS) is 10.8. The van der Waals surface area contributed by atoms with E-state index in [0.29, 0.717) is 28.9 Å². The van der Waals surface area contributed by atoms with Crippen molar-refractivity contribution in [3.05, 3.63) is 49.1 Å². The number of aromatic nitrogens is 2. The van der Waals surface area contributed by atoms with Crippen LogP contribution >= 0.6 is 47.8 Å². The van der Waals surface area contributed by atoms with E-state index in [9.17, 15) is 4.79 Å². The highest BCUT2D eigenvalue weighted by Gasteiger charge is 2.19. The number of rotatable bonds is 5. The minimum absolute atomic E-state index is 0.0903. The van der Waals surface area contributed by atoms with Gasteiger partial charge in [-0.05, 0) is 34.1 Å². The number of carbonyl (C=O) groups excluding carboxylic acids is 1. The SMILES string of the molecule is COCCn1ncc(Br)c1C(=O)c1cc(Br)cc(Br)c1. The van der Waals surface area contributed by atoms with Crippen LogP contribution in [0.5, 0.6) is 0 Å². The maximum atomic E-state index is 12.6. The molecule has 1 aromatic carbocycles. The second-order valence-electron chi connectivity index (χ2n) is 4.04. The van der Waals surface area contributed by atoms with E-state index in [-0.39, 0.29) is 5.78 Å². The Kier molecular flexibility index (Phi) is 5.54. The summed E-state index contributed by atoms with van der Waals surface area (Å²) in [5.74, 6) is -0.0903. The van der Waals surface area contributed by atoms with Crippen LogP contribution in [0, 0.1) is 0 Å². The third-order valence-electron chi connectivity index (χ3n) is 2.64. The van der Waals surface area contributed by atoms with Crippen LogP contribution in [0.1, 0.15) is 16.1 Å². The van der Waals surface area contributed by atoms with Gasteiger partial charge < -0.3 is 4.74 Å². The number of hydrogen-bond donors (Lipinski definition) is 0. The number of halogens is 3. The Labute approximate surface area is 141 Å². The Bertz CT molecular complexity index is 620. The lowest BCUT2D eigenvalue weighted by atomic mass is 10.1. The molecule has 2 aromatic rings. The quantitative estimate of drug-likeness (QED) is 0.624. The van der Waals surface area contributed by atoms with Crippen molar-refractivity contribution in [1.82, 2.24) is 9.78 Å². The third-order valence-corrected chi connectivity index (χ3v) is 4.14. The molecule has 0 spiro atoms. The summed E-state index contributed by atoms with van der Waals surface area (Å²) in [6.07, 6.45) is 1.62. The molecule has 2 rings (SSSR count). The Balaban J connectivity index is 2.39. The fraction of sp³-hybridized carbons (Fsp3) is 0.231. The first kappa shape index (κ1) is 15.9. The first-order valence-corrected chi connectivity index (χ1v) is 8.12. The molecular weight excluding hydrogens is 456 g/mol.